The maximum atomic E-state index is 12.9. The molecule has 1 unspecified atom stereocenters. The number of anilines is 1. The second kappa shape index (κ2) is 7.10. The standard InChI is InChI=1S/C15H22FN3/c1-3-15(18,12-17)10-5-11-19(4-2)14-8-6-13(16)7-9-14/h6-9H,3-5,10-11,18H2,1-2H3. The Hall–Kier alpha value is -1.60. The lowest BCUT2D eigenvalue weighted by Gasteiger charge is -2.25. The lowest BCUT2D eigenvalue weighted by molar-refractivity contribution is 0.465. The van der Waals surface area contributed by atoms with Gasteiger partial charge in [0.1, 0.15) is 11.4 Å². The van der Waals surface area contributed by atoms with Gasteiger partial charge < -0.3 is 10.6 Å². The van der Waals surface area contributed by atoms with Crippen molar-refractivity contribution in [1.29, 1.82) is 5.26 Å². The first-order valence-corrected chi connectivity index (χ1v) is 6.75. The molecule has 0 aliphatic carbocycles. The van der Waals surface area contributed by atoms with E-state index in [1.54, 1.807) is 12.1 Å². The van der Waals surface area contributed by atoms with Gasteiger partial charge in [-0.2, -0.15) is 5.26 Å². The van der Waals surface area contributed by atoms with Gasteiger partial charge in [-0.1, -0.05) is 6.92 Å². The van der Waals surface area contributed by atoms with E-state index in [2.05, 4.69) is 17.9 Å². The first-order valence-electron chi connectivity index (χ1n) is 6.75. The van der Waals surface area contributed by atoms with E-state index in [0.717, 1.165) is 25.2 Å². The van der Waals surface area contributed by atoms with Gasteiger partial charge in [0.15, 0.2) is 0 Å². The summed E-state index contributed by atoms with van der Waals surface area (Å²) in [6, 6.07) is 8.66. The minimum atomic E-state index is -0.720. The van der Waals surface area contributed by atoms with E-state index in [4.69, 9.17) is 11.0 Å². The van der Waals surface area contributed by atoms with Crippen molar-refractivity contribution in [3.05, 3.63) is 30.1 Å². The fraction of sp³-hybridized carbons (Fsp3) is 0.533. The molecule has 0 saturated heterocycles. The second-order valence-corrected chi connectivity index (χ2v) is 4.78. The highest BCUT2D eigenvalue weighted by Crippen LogP contribution is 2.18. The highest BCUT2D eigenvalue weighted by molar-refractivity contribution is 5.45. The van der Waals surface area contributed by atoms with Crippen LogP contribution in [0.15, 0.2) is 24.3 Å². The molecule has 0 fully saturated rings. The van der Waals surface area contributed by atoms with Gasteiger partial charge in [-0.3, -0.25) is 0 Å². The van der Waals surface area contributed by atoms with E-state index in [-0.39, 0.29) is 5.82 Å². The maximum Gasteiger partial charge on any atom is 0.123 e. The summed E-state index contributed by atoms with van der Waals surface area (Å²) in [5.74, 6) is -0.226. The summed E-state index contributed by atoms with van der Waals surface area (Å²) in [6.07, 6.45) is 2.19. The van der Waals surface area contributed by atoms with Crippen LogP contribution in [0.5, 0.6) is 0 Å². The van der Waals surface area contributed by atoms with Gasteiger partial charge in [0, 0.05) is 18.8 Å². The molecule has 0 spiro atoms. The molecule has 1 aromatic carbocycles. The monoisotopic (exact) mass is 263 g/mol. The van der Waals surface area contributed by atoms with E-state index in [1.807, 2.05) is 6.92 Å². The summed E-state index contributed by atoms with van der Waals surface area (Å²) in [5.41, 5.74) is 6.23. The molecule has 0 aromatic heterocycles. The van der Waals surface area contributed by atoms with Crippen molar-refractivity contribution in [2.24, 2.45) is 5.73 Å². The Morgan fingerprint density at radius 1 is 1.32 bits per heavy atom. The first kappa shape index (κ1) is 15.5. The molecule has 19 heavy (non-hydrogen) atoms. The zero-order valence-electron chi connectivity index (χ0n) is 11.7. The van der Waals surface area contributed by atoms with Crippen LogP contribution in [0.2, 0.25) is 0 Å². The van der Waals surface area contributed by atoms with Crippen molar-refractivity contribution in [2.75, 3.05) is 18.0 Å². The van der Waals surface area contributed by atoms with Crippen molar-refractivity contribution >= 4 is 5.69 Å². The first-order chi connectivity index (χ1) is 9.04. The third-order valence-electron chi connectivity index (χ3n) is 3.48. The molecule has 0 aliphatic rings. The van der Waals surface area contributed by atoms with Crippen LogP contribution >= 0.6 is 0 Å². The summed E-state index contributed by atoms with van der Waals surface area (Å²) in [6.45, 7) is 5.66. The van der Waals surface area contributed by atoms with E-state index in [9.17, 15) is 4.39 Å². The molecule has 0 aliphatic heterocycles. The summed E-state index contributed by atoms with van der Waals surface area (Å²) >= 11 is 0. The number of halogens is 1. The van der Waals surface area contributed by atoms with E-state index >= 15 is 0 Å². The minimum absolute atomic E-state index is 0.226. The van der Waals surface area contributed by atoms with Crippen LogP contribution in [0, 0.1) is 17.1 Å². The number of nitriles is 1. The topological polar surface area (TPSA) is 53.0 Å². The van der Waals surface area contributed by atoms with Crippen molar-refractivity contribution in [2.45, 2.75) is 38.6 Å². The maximum absolute atomic E-state index is 12.9. The number of hydrogen-bond acceptors (Lipinski definition) is 3. The molecule has 3 nitrogen and oxygen atoms in total. The molecule has 0 radical (unpaired) electrons. The second-order valence-electron chi connectivity index (χ2n) is 4.78. The molecule has 104 valence electrons. The van der Waals surface area contributed by atoms with Crippen LogP contribution in [-0.4, -0.2) is 18.6 Å². The van der Waals surface area contributed by atoms with Gasteiger partial charge in [0.05, 0.1) is 6.07 Å². The molecule has 0 amide bonds. The average molecular weight is 263 g/mol. The lowest BCUT2D eigenvalue weighted by atomic mass is 9.93. The minimum Gasteiger partial charge on any atom is -0.372 e. The molecule has 2 N–H and O–H groups in total. The largest absolute Gasteiger partial charge is 0.372 e. The Balaban J connectivity index is 2.55. The third-order valence-corrected chi connectivity index (χ3v) is 3.48. The van der Waals surface area contributed by atoms with Crippen LogP contribution in [0.4, 0.5) is 10.1 Å². The van der Waals surface area contributed by atoms with E-state index in [1.165, 1.54) is 12.1 Å². The molecule has 4 heteroatoms. The number of rotatable bonds is 7. The highest BCUT2D eigenvalue weighted by atomic mass is 19.1. The Morgan fingerprint density at radius 3 is 2.42 bits per heavy atom. The molecule has 0 bridgehead atoms. The van der Waals surface area contributed by atoms with Gasteiger partial charge in [0.25, 0.3) is 0 Å². The van der Waals surface area contributed by atoms with Crippen LogP contribution in [0.1, 0.15) is 33.1 Å². The average Bonchev–Trinajstić information content (AvgIpc) is 2.44. The fourth-order valence-electron chi connectivity index (χ4n) is 2.02. The van der Waals surface area contributed by atoms with Crippen molar-refractivity contribution in [3.63, 3.8) is 0 Å². The molecular weight excluding hydrogens is 241 g/mol. The van der Waals surface area contributed by atoms with Crippen LogP contribution in [0.25, 0.3) is 0 Å². The zero-order chi connectivity index (χ0) is 14.3. The molecule has 1 rings (SSSR count). The van der Waals surface area contributed by atoms with Crippen molar-refractivity contribution in [1.82, 2.24) is 0 Å². The predicted octanol–water partition coefficient (Wildman–Crippen LogP) is 3.06. The Labute approximate surface area is 114 Å². The smallest absolute Gasteiger partial charge is 0.123 e. The van der Waals surface area contributed by atoms with Gasteiger partial charge in [0.2, 0.25) is 0 Å². The van der Waals surface area contributed by atoms with Gasteiger partial charge >= 0.3 is 0 Å². The normalized spacial score (nSPS) is 13.6. The van der Waals surface area contributed by atoms with Crippen LogP contribution in [-0.2, 0) is 0 Å². The van der Waals surface area contributed by atoms with Gasteiger partial charge in [-0.25, -0.2) is 4.39 Å². The summed E-state index contributed by atoms with van der Waals surface area (Å²) in [5, 5.41) is 9.03. The van der Waals surface area contributed by atoms with Gasteiger partial charge in [-0.15, -0.1) is 0 Å². The molecular formula is C15H22FN3. The summed E-state index contributed by atoms with van der Waals surface area (Å²) in [7, 11) is 0. The van der Waals surface area contributed by atoms with E-state index in [0.29, 0.717) is 12.8 Å². The van der Waals surface area contributed by atoms with E-state index < -0.39 is 5.54 Å². The van der Waals surface area contributed by atoms with Gasteiger partial charge in [-0.05, 0) is 50.5 Å². The Bertz CT molecular complexity index is 424. The summed E-state index contributed by atoms with van der Waals surface area (Å²) < 4.78 is 12.9. The van der Waals surface area contributed by atoms with Crippen molar-refractivity contribution < 1.29 is 4.39 Å². The third kappa shape index (κ3) is 4.53. The number of nitrogens with two attached hydrogens (primary N) is 1. The number of benzene rings is 1. The zero-order valence-corrected chi connectivity index (χ0v) is 11.7. The quantitative estimate of drug-likeness (QED) is 0.822. The summed E-state index contributed by atoms with van der Waals surface area (Å²) in [4.78, 5) is 2.16. The number of nitrogens with zero attached hydrogens (tertiary/aromatic N) is 2. The fourth-order valence-corrected chi connectivity index (χ4v) is 2.02. The molecule has 0 saturated carbocycles. The SMILES string of the molecule is CCN(CCCC(N)(C#N)CC)c1ccc(F)cc1. The molecule has 1 aromatic rings. The predicted molar refractivity (Wildman–Crippen MR) is 76.3 cm³/mol. The van der Waals surface area contributed by atoms with Crippen molar-refractivity contribution in [3.8, 4) is 6.07 Å². The lowest BCUT2D eigenvalue weighted by Crippen LogP contribution is -2.38. The Kier molecular flexibility index (Phi) is 5.78. The van der Waals surface area contributed by atoms with Crippen LogP contribution in [0.3, 0.4) is 0 Å². The number of hydrogen-bond donors (Lipinski definition) is 1. The Morgan fingerprint density at radius 2 is 1.95 bits per heavy atom. The van der Waals surface area contributed by atoms with Crippen LogP contribution < -0.4 is 10.6 Å². The highest BCUT2D eigenvalue weighted by Gasteiger charge is 2.21. The molecule has 1 atom stereocenters. The molecule has 0 heterocycles.